The average Bonchev–Trinajstić information content (AvgIpc) is 2.93. The third-order valence-electron chi connectivity index (χ3n) is 8.00. The van der Waals surface area contributed by atoms with Crippen LogP contribution in [0, 0.1) is 0 Å². The first kappa shape index (κ1) is 35.6. The minimum Gasteiger partial charge on any atom is -0.478 e. The Balaban J connectivity index is 2.03. The molecule has 0 aromatic heterocycles. The van der Waals surface area contributed by atoms with Crippen molar-refractivity contribution in [2.24, 2.45) is 0 Å². The lowest BCUT2D eigenvalue weighted by Gasteiger charge is -2.46. The lowest BCUT2D eigenvalue weighted by atomic mass is 9.65. The van der Waals surface area contributed by atoms with Crippen LogP contribution in [0.2, 0.25) is 0 Å². The van der Waals surface area contributed by atoms with Crippen molar-refractivity contribution in [3.8, 4) is 23.0 Å². The minimum atomic E-state index is -6.81. The molecule has 2 aliphatic heterocycles. The molecule has 0 radical (unpaired) electrons. The maximum absolute atomic E-state index is 15.0. The van der Waals surface area contributed by atoms with E-state index in [0.717, 1.165) is 0 Å². The number of carbonyl (C=O) groups is 4. The number of fused-ring (bicyclic) bond motifs is 4. The zero-order valence-electron chi connectivity index (χ0n) is 23.2. The van der Waals surface area contributed by atoms with Gasteiger partial charge >= 0.3 is 48.6 Å². The second-order valence-electron chi connectivity index (χ2n) is 10.5. The summed E-state index contributed by atoms with van der Waals surface area (Å²) in [5.41, 5.74) is -27.4. The molecule has 0 spiro atoms. The van der Waals surface area contributed by atoms with E-state index in [2.05, 4.69) is 0 Å². The van der Waals surface area contributed by atoms with Crippen LogP contribution in [0.25, 0.3) is 0 Å². The second kappa shape index (κ2) is 10.4. The van der Waals surface area contributed by atoms with Gasteiger partial charge in [-0.25, -0.2) is 19.2 Å². The fraction of sp³-hybridized carbons (Fsp3) is 0.214. The first-order valence-corrected chi connectivity index (χ1v) is 12.8. The highest BCUT2D eigenvalue weighted by Gasteiger charge is 2.78. The average molecular weight is 734 g/mol. The Morgan fingerprint density at radius 2 is 0.620 bits per heavy atom. The molecule has 0 fully saturated rings. The van der Waals surface area contributed by atoms with E-state index in [0.29, 0.717) is 0 Å². The fourth-order valence-corrected chi connectivity index (χ4v) is 6.01. The Labute approximate surface area is 265 Å². The molecule has 0 bridgehead atoms. The van der Waals surface area contributed by atoms with Crippen LogP contribution in [-0.2, 0) is 10.8 Å². The van der Waals surface area contributed by atoms with Crippen LogP contribution < -0.4 is 9.47 Å². The second-order valence-corrected chi connectivity index (χ2v) is 10.5. The van der Waals surface area contributed by atoms with Gasteiger partial charge in [-0.15, -0.1) is 0 Å². The van der Waals surface area contributed by atoms with Gasteiger partial charge in [-0.3, -0.25) is 0 Å². The number of carboxylic acid groups (broad SMARTS) is 4. The Bertz CT molecular complexity index is 1870. The van der Waals surface area contributed by atoms with Crippen molar-refractivity contribution < 1.29 is 102 Å². The van der Waals surface area contributed by atoms with E-state index in [4.69, 9.17) is 9.47 Å². The molecule has 50 heavy (non-hydrogen) atoms. The molecular formula is C28H10F12O10. The van der Waals surface area contributed by atoms with Crippen LogP contribution in [0.5, 0.6) is 23.0 Å². The largest absolute Gasteiger partial charge is 0.478 e. The van der Waals surface area contributed by atoms with E-state index in [1.807, 2.05) is 0 Å². The molecule has 22 heteroatoms. The zero-order valence-corrected chi connectivity index (χ0v) is 23.2. The normalized spacial score (nSPS) is 16.1. The van der Waals surface area contributed by atoms with Gasteiger partial charge < -0.3 is 29.9 Å². The van der Waals surface area contributed by atoms with Crippen LogP contribution in [0.1, 0.15) is 63.7 Å². The monoisotopic (exact) mass is 734 g/mol. The molecule has 5 rings (SSSR count). The van der Waals surface area contributed by atoms with Gasteiger partial charge in [0.25, 0.3) is 0 Å². The highest BCUT2D eigenvalue weighted by atomic mass is 19.4. The number of carboxylic acids is 4. The van der Waals surface area contributed by atoms with Crippen molar-refractivity contribution in [3.63, 3.8) is 0 Å². The summed E-state index contributed by atoms with van der Waals surface area (Å²) in [6, 6.07) is -2.20. The highest BCUT2D eigenvalue weighted by Crippen LogP contribution is 2.68. The Morgan fingerprint density at radius 3 is 0.860 bits per heavy atom. The summed E-state index contributed by atoms with van der Waals surface area (Å²) in [4.78, 5) is 46.7. The number of aromatic carboxylic acids is 4. The lowest BCUT2D eigenvalue weighted by Crippen LogP contribution is -2.58. The molecule has 0 aliphatic carbocycles. The fourth-order valence-electron chi connectivity index (χ4n) is 6.01. The van der Waals surface area contributed by atoms with Crippen molar-refractivity contribution in [1.29, 1.82) is 0 Å². The number of alkyl halides is 12. The summed E-state index contributed by atoms with van der Waals surface area (Å²) < 4.78 is 190. The molecule has 0 saturated heterocycles. The van der Waals surface area contributed by atoms with Crippen LogP contribution in [0.4, 0.5) is 52.7 Å². The number of hydrogen-bond donors (Lipinski definition) is 4. The predicted molar refractivity (Wildman–Crippen MR) is 133 cm³/mol. The number of rotatable bonds is 4. The van der Waals surface area contributed by atoms with Gasteiger partial charge in [0.05, 0.1) is 22.3 Å². The molecule has 0 saturated carbocycles. The summed E-state index contributed by atoms with van der Waals surface area (Å²) in [5.74, 6) is -16.2. The van der Waals surface area contributed by atoms with Gasteiger partial charge in [-0.05, 0) is 30.3 Å². The molecule has 2 heterocycles. The summed E-state index contributed by atoms with van der Waals surface area (Å²) in [5, 5.41) is 37.5. The summed E-state index contributed by atoms with van der Waals surface area (Å²) in [6.45, 7) is 0. The zero-order chi connectivity index (χ0) is 37.9. The maximum Gasteiger partial charge on any atom is 0.411 e. The SMILES string of the molecule is O=C(O)c1cc2c(cc1C(=O)O)C(C(F)(F)F)(C(F)(F)F)c1cc3c(cc1O2)Oc1cc(C(=O)O)c(C(=O)O)cc1C3(C(F)(F)F)C(F)(F)F. The minimum absolute atomic E-state index is 0.0891. The third kappa shape index (κ3) is 4.52. The van der Waals surface area contributed by atoms with Crippen molar-refractivity contribution in [2.75, 3.05) is 0 Å². The van der Waals surface area contributed by atoms with Crippen LogP contribution in [-0.4, -0.2) is 69.0 Å². The van der Waals surface area contributed by atoms with Crippen LogP contribution in [0.15, 0.2) is 36.4 Å². The number of benzene rings is 3. The van der Waals surface area contributed by atoms with Crippen LogP contribution in [0.3, 0.4) is 0 Å². The van der Waals surface area contributed by atoms with Crippen molar-refractivity contribution >= 4 is 23.9 Å². The smallest absolute Gasteiger partial charge is 0.411 e. The van der Waals surface area contributed by atoms with E-state index in [1.165, 1.54) is 0 Å². The van der Waals surface area contributed by atoms with E-state index in [1.54, 1.807) is 0 Å². The number of hydrogen-bond acceptors (Lipinski definition) is 6. The maximum atomic E-state index is 15.0. The quantitative estimate of drug-likeness (QED) is 0.197. The molecule has 3 aromatic rings. The topological polar surface area (TPSA) is 168 Å². The highest BCUT2D eigenvalue weighted by molar-refractivity contribution is 6.03. The van der Waals surface area contributed by atoms with Gasteiger partial charge in [0.2, 0.25) is 10.8 Å². The summed E-state index contributed by atoms with van der Waals surface area (Å²) in [7, 11) is 0. The lowest BCUT2D eigenvalue weighted by molar-refractivity contribution is -0.291. The molecule has 266 valence electrons. The number of ether oxygens (including phenoxy) is 2. The molecule has 4 N–H and O–H groups in total. The van der Waals surface area contributed by atoms with Gasteiger partial charge in [-0.1, -0.05) is 0 Å². The first-order chi connectivity index (χ1) is 22.6. The van der Waals surface area contributed by atoms with E-state index in [9.17, 15) is 92.3 Å². The van der Waals surface area contributed by atoms with Gasteiger partial charge in [0.1, 0.15) is 23.0 Å². The van der Waals surface area contributed by atoms with Crippen LogP contribution >= 0.6 is 0 Å². The first-order valence-electron chi connectivity index (χ1n) is 12.8. The van der Waals surface area contributed by atoms with Crippen molar-refractivity contribution in [2.45, 2.75) is 35.5 Å². The predicted octanol–water partition coefficient (Wildman–Crippen LogP) is 7.51. The van der Waals surface area contributed by atoms with Gasteiger partial charge in [0.15, 0.2) is 0 Å². The van der Waals surface area contributed by atoms with E-state index in [-0.39, 0.29) is 18.2 Å². The Morgan fingerprint density at radius 1 is 0.400 bits per heavy atom. The van der Waals surface area contributed by atoms with Gasteiger partial charge in [-0.2, -0.15) is 52.7 Å². The molecule has 10 nitrogen and oxygen atoms in total. The Hall–Kier alpha value is -5.70. The molecule has 0 atom stereocenters. The summed E-state index contributed by atoms with van der Waals surface area (Å²) >= 11 is 0. The standard InChI is InChI=1S/C28H10F12O10/c29-25(30,31)23(26(32,33)34)11-1-7(19(41)42)9(21(45)46)3-15(11)49-17-6-18-14(5-13(17)23)24(27(35,36)37,28(38,39)40)12-2-8(20(43)44)10(22(47)48)4-16(12)50-18/h1-6H,(H,41,42)(H,43,44)(H,45,46)(H,47,48). The van der Waals surface area contributed by atoms with Crippen molar-refractivity contribution in [1.82, 2.24) is 0 Å². The molecule has 2 aliphatic rings. The van der Waals surface area contributed by atoms with Gasteiger partial charge in [0, 0.05) is 28.3 Å². The molecule has 3 aromatic carbocycles. The third-order valence-corrected chi connectivity index (χ3v) is 8.00. The summed E-state index contributed by atoms with van der Waals surface area (Å²) in [6.07, 6.45) is -27.3. The van der Waals surface area contributed by atoms with E-state index >= 15 is 0 Å². The number of halogens is 12. The van der Waals surface area contributed by atoms with E-state index < -0.39 is 145 Å². The van der Waals surface area contributed by atoms with Crippen molar-refractivity contribution in [3.05, 3.63) is 80.9 Å². The molecular weight excluding hydrogens is 724 g/mol. The molecule has 0 unspecified atom stereocenters. The molecule has 0 amide bonds. The Kier molecular flexibility index (Phi) is 7.41.